The summed E-state index contributed by atoms with van der Waals surface area (Å²) in [5.74, 6) is 0.863. The Labute approximate surface area is 125 Å². The normalized spacial score (nSPS) is 20.2. The topological polar surface area (TPSA) is 61.8 Å². The van der Waals surface area contributed by atoms with Crippen molar-refractivity contribution in [1.29, 1.82) is 0 Å². The molecule has 5 heteroatoms. The van der Waals surface area contributed by atoms with Gasteiger partial charge in [0, 0.05) is 19.6 Å². The fourth-order valence-electron chi connectivity index (χ4n) is 2.56. The van der Waals surface area contributed by atoms with E-state index in [-0.39, 0.29) is 18.1 Å². The highest BCUT2D eigenvalue weighted by Gasteiger charge is 2.28. The third-order valence-corrected chi connectivity index (χ3v) is 3.99. The summed E-state index contributed by atoms with van der Waals surface area (Å²) in [6.45, 7) is 3.88. The molecule has 1 fully saturated rings. The van der Waals surface area contributed by atoms with Crippen molar-refractivity contribution in [3.63, 3.8) is 0 Å². The number of amides is 1. The molecule has 2 N–H and O–H groups in total. The molecule has 2 atom stereocenters. The first-order chi connectivity index (χ1) is 10.1. The molecule has 0 bridgehead atoms. The van der Waals surface area contributed by atoms with Gasteiger partial charge < -0.3 is 15.2 Å². The van der Waals surface area contributed by atoms with E-state index in [1.807, 2.05) is 36.1 Å². The van der Waals surface area contributed by atoms with Gasteiger partial charge in [-0.2, -0.15) is 0 Å². The molecule has 21 heavy (non-hydrogen) atoms. The smallest absolute Gasteiger partial charge is 0.237 e. The number of rotatable bonds is 6. The van der Waals surface area contributed by atoms with Crippen LogP contribution in [0.2, 0.25) is 0 Å². The fraction of sp³-hybridized carbons (Fsp3) is 0.562. The van der Waals surface area contributed by atoms with Gasteiger partial charge in [-0.25, -0.2) is 0 Å². The number of nitrogens with one attached hydrogen (secondary N) is 1. The maximum absolute atomic E-state index is 12.1. The van der Waals surface area contributed by atoms with Crippen LogP contribution in [-0.2, 0) is 11.2 Å². The van der Waals surface area contributed by atoms with E-state index in [1.54, 1.807) is 7.11 Å². The average Bonchev–Trinajstić information content (AvgIpc) is 2.93. The highest BCUT2D eigenvalue weighted by atomic mass is 16.5. The lowest BCUT2D eigenvalue weighted by atomic mass is 10.1. The number of β-amino-alcohol motifs (C(OH)–C–C–N with tert-alkyl or cyclic N) is 1. The molecular weight excluding hydrogens is 268 g/mol. The Morgan fingerprint density at radius 3 is 2.76 bits per heavy atom. The molecule has 1 aromatic rings. The van der Waals surface area contributed by atoms with Crippen LogP contribution < -0.4 is 10.1 Å². The lowest BCUT2D eigenvalue weighted by molar-refractivity contribution is -0.125. The summed E-state index contributed by atoms with van der Waals surface area (Å²) in [4.78, 5) is 14.1. The largest absolute Gasteiger partial charge is 0.497 e. The average molecular weight is 292 g/mol. The van der Waals surface area contributed by atoms with Crippen LogP contribution in [0, 0.1) is 0 Å². The van der Waals surface area contributed by atoms with Crippen LogP contribution in [0.4, 0.5) is 0 Å². The van der Waals surface area contributed by atoms with Gasteiger partial charge in [0.25, 0.3) is 0 Å². The third kappa shape index (κ3) is 4.44. The van der Waals surface area contributed by atoms with E-state index >= 15 is 0 Å². The monoisotopic (exact) mass is 292 g/mol. The zero-order chi connectivity index (χ0) is 15.2. The van der Waals surface area contributed by atoms with E-state index < -0.39 is 0 Å². The van der Waals surface area contributed by atoms with Crippen LogP contribution in [0.1, 0.15) is 18.9 Å². The lowest BCUT2D eigenvalue weighted by Gasteiger charge is -2.22. The van der Waals surface area contributed by atoms with Gasteiger partial charge in [0.1, 0.15) is 5.75 Å². The fourth-order valence-corrected chi connectivity index (χ4v) is 2.56. The zero-order valence-corrected chi connectivity index (χ0v) is 12.7. The maximum Gasteiger partial charge on any atom is 0.237 e. The highest BCUT2D eigenvalue weighted by molar-refractivity contribution is 5.81. The van der Waals surface area contributed by atoms with Crippen molar-refractivity contribution in [3.05, 3.63) is 29.8 Å². The van der Waals surface area contributed by atoms with Crippen molar-refractivity contribution in [1.82, 2.24) is 10.2 Å². The van der Waals surface area contributed by atoms with E-state index in [0.717, 1.165) is 25.1 Å². The van der Waals surface area contributed by atoms with E-state index in [9.17, 15) is 9.90 Å². The van der Waals surface area contributed by atoms with Crippen LogP contribution in [0.25, 0.3) is 0 Å². The minimum absolute atomic E-state index is 0.0256. The van der Waals surface area contributed by atoms with Gasteiger partial charge in [0.15, 0.2) is 0 Å². The van der Waals surface area contributed by atoms with Gasteiger partial charge >= 0.3 is 0 Å². The zero-order valence-electron chi connectivity index (χ0n) is 12.7. The Hall–Kier alpha value is -1.59. The first-order valence-corrected chi connectivity index (χ1v) is 7.43. The van der Waals surface area contributed by atoms with Crippen LogP contribution in [-0.4, -0.2) is 54.8 Å². The number of benzene rings is 1. The summed E-state index contributed by atoms with van der Waals surface area (Å²) in [6.07, 6.45) is 1.26. The van der Waals surface area contributed by atoms with E-state index in [2.05, 4.69) is 5.32 Å². The Morgan fingerprint density at radius 1 is 1.48 bits per heavy atom. The van der Waals surface area contributed by atoms with Crippen LogP contribution in [0.5, 0.6) is 5.75 Å². The van der Waals surface area contributed by atoms with Crippen molar-refractivity contribution >= 4 is 5.91 Å². The predicted molar refractivity (Wildman–Crippen MR) is 81.4 cm³/mol. The number of hydrogen-bond acceptors (Lipinski definition) is 4. The van der Waals surface area contributed by atoms with Crippen molar-refractivity contribution < 1.29 is 14.6 Å². The molecule has 0 aromatic heterocycles. The van der Waals surface area contributed by atoms with Crippen LogP contribution in [0.3, 0.4) is 0 Å². The van der Waals surface area contributed by atoms with E-state index in [4.69, 9.17) is 4.74 Å². The number of carbonyl (C=O) groups is 1. The maximum atomic E-state index is 12.1. The Bertz CT molecular complexity index is 461. The molecule has 0 aliphatic carbocycles. The summed E-state index contributed by atoms with van der Waals surface area (Å²) in [5, 5.41) is 12.5. The Kier molecular flexibility index (Phi) is 5.59. The number of hydrogen-bond donors (Lipinski definition) is 2. The summed E-state index contributed by atoms with van der Waals surface area (Å²) < 4.78 is 5.11. The number of ether oxygens (including phenoxy) is 1. The summed E-state index contributed by atoms with van der Waals surface area (Å²) in [6, 6.07) is 7.67. The highest BCUT2D eigenvalue weighted by Crippen LogP contribution is 2.13. The molecule has 0 spiro atoms. The molecule has 1 aliphatic rings. The molecule has 1 amide bonds. The van der Waals surface area contributed by atoms with Gasteiger partial charge in [-0.3, -0.25) is 9.69 Å². The van der Waals surface area contributed by atoms with Crippen molar-refractivity contribution in [2.24, 2.45) is 0 Å². The van der Waals surface area contributed by atoms with E-state index in [0.29, 0.717) is 13.1 Å². The number of methoxy groups -OCH3 is 1. The van der Waals surface area contributed by atoms with Crippen molar-refractivity contribution in [3.8, 4) is 5.75 Å². The minimum atomic E-state index is -0.292. The number of aliphatic hydroxyl groups excluding tert-OH is 1. The Morgan fingerprint density at radius 2 is 2.19 bits per heavy atom. The first-order valence-electron chi connectivity index (χ1n) is 7.43. The molecule has 0 radical (unpaired) electrons. The number of likely N-dealkylation sites (tertiary alicyclic amines) is 1. The van der Waals surface area contributed by atoms with Gasteiger partial charge in [-0.1, -0.05) is 12.1 Å². The molecule has 1 unspecified atom stereocenters. The van der Waals surface area contributed by atoms with Crippen LogP contribution in [0.15, 0.2) is 24.3 Å². The van der Waals surface area contributed by atoms with Crippen molar-refractivity contribution in [2.75, 3.05) is 26.7 Å². The van der Waals surface area contributed by atoms with Crippen molar-refractivity contribution in [2.45, 2.75) is 31.9 Å². The second-order valence-corrected chi connectivity index (χ2v) is 5.50. The molecule has 5 nitrogen and oxygen atoms in total. The SMILES string of the molecule is COc1ccc(CCNC(=O)C(C)N2CC[C@H](O)C2)cc1. The van der Waals surface area contributed by atoms with Crippen LogP contribution >= 0.6 is 0 Å². The number of nitrogens with zero attached hydrogens (tertiary/aromatic N) is 1. The second kappa shape index (κ2) is 7.43. The molecular formula is C16H24N2O3. The molecule has 1 saturated heterocycles. The first kappa shape index (κ1) is 15.8. The quantitative estimate of drug-likeness (QED) is 0.814. The lowest BCUT2D eigenvalue weighted by Crippen LogP contribution is -2.44. The third-order valence-electron chi connectivity index (χ3n) is 3.99. The standard InChI is InChI=1S/C16H24N2O3/c1-12(18-10-8-14(19)11-18)16(20)17-9-7-13-3-5-15(21-2)6-4-13/h3-6,12,14,19H,7-11H2,1-2H3,(H,17,20)/t12?,14-/m0/s1. The minimum Gasteiger partial charge on any atom is -0.497 e. The molecule has 116 valence electrons. The molecule has 0 saturated carbocycles. The molecule has 1 aliphatic heterocycles. The molecule has 1 aromatic carbocycles. The Balaban J connectivity index is 1.73. The summed E-state index contributed by atoms with van der Waals surface area (Å²) in [5.41, 5.74) is 1.17. The van der Waals surface area contributed by atoms with Gasteiger partial charge in [-0.15, -0.1) is 0 Å². The number of carbonyl (C=O) groups excluding carboxylic acids is 1. The summed E-state index contributed by atoms with van der Waals surface area (Å²) >= 11 is 0. The second-order valence-electron chi connectivity index (χ2n) is 5.50. The molecule has 2 rings (SSSR count). The van der Waals surface area contributed by atoms with Gasteiger partial charge in [-0.05, 0) is 37.5 Å². The van der Waals surface area contributed by atoms with Gasteiger partial charge in [0.2, 0.25) is 5.91 Å². The summed E-state index contributed by atoms with van der Waals surface area (Å²) in [7, 11) is 1.64. The predicted octanol–water partition coefficient (Wildman–Crippen LogP) is 0.809. The number of aliphatic hydroxyl groups is 1. The van der Waals surface area contributed by atoms with Gasteiger partial charge in [0.05, 0.1) is 19.3 Å². The van der Waals surface area contributed by atoms with E-state index in [1.165, 1.54) is 5.56 Å². The molecule has 1 heterocycles.